The van der Waals surface area contributed by atoms with E-state index >= 15 is 0 Å². The lowest BCUT2D eigenvalue weighted by molar-refractivity contribution is 0.266. The first-order valence-electron chi connectivity index (χ1n) is 4.75. The van der Waals surface area contributed by atoms with E-state index in [1.807, 2.05) is 12.1 Å². The standard InChI is InChI=1S/C11H17ClN2/c1-8(2)14(3)7-9-4-5-10(13)6-11(9)12/h4-6,8H,7,13H2,1-3H3. The van der Waals surface area contributed by atoms with E-state index in [1.165, 1.54) is 0 Å². The van der Waals surface area contributed by atoms with Crippen molar-refractivity contribution in [3.8, 4) is 0 Å². The van der Waals surface area contributed by atoms with Crippen molar-refractivity contribution in [1.29, 1.82) is 0 Å². The molecule has 78 valence electrons. The maximum absolute atomic E-state index is 6.07. The van der Waals surface area contributed by atoms with Crippen molar-refractivity contribution in [3.63, 3.8) is 0 Å². The second-order valence-corrected chi connectivity index (χ2v) is 4.27. The van der Waals surface area contributed by atoms with Crippen LogP contribution in [0.5, 0.6) is 0 Å². The Kier molecular flexibility index (Phi) is 3.78. The SMILES string of the molecule is CC(C)N(C)Cc1ccc(N)cc1Cl. The van der Waals surface area contributed by atoms with Crippen LogP contribution in [-0.4, -0.2) is 18.0 Å². The molecule has 1 aromatic carbocycles. The van der Waals surface area contributed by atoms with Gasteiger partial charge in [-0.2, -0.15) is 0 Å². The zero-order valence-electron chi connectivity index (χ0n) is 8.92. The first-order chi connectivity index (χ1) is 6.50. The first kappa shape index (κ1) is 11.3. The molecule has 1 rings (SSSR count). The van der Waals surface area contributed by atoms with Gasteiger partial charge in [-0.15, -0.1) is 0 Å². The summed E-state index contributed by atoms with van der Waals surface area (Å²) in [6.07, 6.45) is 0. The van der Waals surface area contributed by atoms with Gasteiger partial charge in [0.2, 0.25) is 0 Å². The minimum atomic E-state index is 0.517. The zero-order chi connectivity index (χ0) is 10.7. The van der Waals surface area contributed by atoms with Crippen LogP contribution in [0.1, 0.15) is 19.4 Å². The summed E-state index contributed by atoms with van der Waals surface area (Å²) >= 11 is 6.07. The Bertz CT molecular complexity index is 310. The summed E-state index contributed by atoms with van der Waals surface area (Å²) in [7, 11) is 2.08. The molecule has 0 heterocycles. The minimum absolute atomic E-state index is 0.517. The molecule has 0 spiro atoms. The van der Waals surface area contributed by atoms with Gasteiger partial charge in [0, 0.05) is 23.3 Å². The molecule has 1 aromatic rings. The summed E-state index contributed by atoms with van der Waals surface area (Å²) in [6.45, 7) is 5.17. The third kappa shape index (κ3) is 2.89. The molecule has 0 aliphatic rings. The smallest absolute Gasteiger partial charge is 0.0471 e. The van der Waals surface area contributed by atoms with Crippen LogP contribution >= 0.6 is 11.6 Å². The summed E-state index contributed by atoms with van der Waals surface area (Å²) in [5, 5.41) is 0.748. The van der Waals surface area contributed by atoms with Gasteiger partial charge in [-0.1, -0.05) is 17.7 Å². The van der Waals surface area contributed by atoms with E-state index in [1.54, 1.807) is 6.07 Å². The van der Waals surface area contributed by atoms with Gasteiger partial charge in [0.15, 0.2) is 0 Å². The fraction of sp³-hybridized carbons (Fsp3) is 0.455. The molecular weight excluding hydrogens is 196 g/mol. The quantitative estimate of drug-likeness (QED) is 0.781. The molecule has 3 heteroatoms. The van der Waals surface area contributed by atoms with Crippen LogP contribution in [0.2, 0.25) is 5.02 Å². The van der Waals surface area contributed by atoms with Crippen molar-refractivity contribution in [2.24, 2.45) is 0 Å². The topological polar surface area (TPSA) is 29.3 Å². The van der Waals surface area contributed by atoms with E-state index in [0.717, 1.165) is 17.1 Å². The molecule has 0 bridgehead atoms. The van der Waals surface area contributed by atoms with Crippen molar-refractivity contribution in [3.05, 3.63) is 28.8 Å². The van der Waals surface area contributed by atoms with E-state index < -0.39 is 0 Å². The normalized spacial score (nSPS) is 11.3. The number of nitrogens with two attached hydrogens (primary N) is 1. The summed E-state index contributed by atoms with van der Waals surface area (Å²) in [5.41, 5.74) is 7.46. The van der Waals surface area contributed by atoms with Crippen LogP contribution in [0.25, 0.3) is 0 Å². The van der Waals surface area contributed by atoms with E-state index in [0.29, 0.717) is 11.7 Å². The number of hydrogen-bond acceptors (Lipinski definition) is 2. The second kappa shape index (κ2) is 4.67. The molecule has 0 radical (unpaired) electrons. The van der Waals surface area contributed by atoms with Crippen LogP contribution in [-0.2, 0) is 6.54 Å². The third-order valence-electron chi connectivity index (χ3n) is 2.38. The first-order valence-corrected chi connectivity index (χ1v) is 5.12. The van der Waals surface area contributed by atoms with Crippen LogP contribution in [0.4, 0.5) is 5.69 Å². The van der Waals surface area contributed by atoms with Crippen molar-refractivity contribution < 1.29 is 0 Å². The molecule has 0 aliphatic heterocycles. The molecule has 0 atom stereocenters. The highest BCUT2D eigenvalue weighted by Gasteiger charge is 2.07. The molecule has 0 fully saturated rings. The fourth-order valence-electron chi connectivity index (χ4n) is 1.14. The third-order valence-corrected chi connectivity index (χ3v) is 2.73. The predicted molar refractivity (Wildman–Crippen MR) is 62.5 cm³/mol. The average Bonchev–Trinajstić information content (AvgIpc) is 2.09. The van der Waals surface area contributed by atoms with Gasteiger partial charge >= 0.3 is 0 Å². The zero-order valence-corrected chi connectivity index (χ0v) is 9.67. The maximum atomic E-state index is 6.07. The number of halogens is 1. The van der Waals surface area contributed by atoms with Crippen molar-refractivity contribution in [1.82, 2.24) is 4.90 Å². The summed E-state index contributed by atoms with van der Waals surface area (Å²) in [5.74, 6) is 0. The molecule has 0 saturated carbocycles. The lowest BCUT2D eigenvalue weighted by Crippen LogP contribution is -2.25. The predicted octanol–water partition coefficient (Wildman–Crippen LogP) is 2.76. The Morgan fingerprint density at radius 3 is 2.57 bits per heavy atom. The average molecular weight is 213 g/mol. The number of hydrogen-bond donors (Lipinski definition) is 1. The number of benzene rings is 1. The highest BCUT2D eigenvalue weighted by atomic mass is 35.5. The van der Waals surface area contributed by atoms with Gasteiger partial charge in [-0.25, -0.2) is 0 Å². The second-order valence-electron chi connectivity index (χ2n) is 3.86. The van der Waals surface area contributed by atoms with E-state index in [2.05, 4.69) is 25.8 Å². The number of rotatable bonds is 3. The highest BCUT2D eigenvalue weighted by molar-refractivity contribution is 6.31. The Morgan fingerprint density at radius 2 is 2.07 bits per heavy atom. The van der Waals surface area contributed by atoms with Crippen LogP contribution < -0.4 is 5.73 Å². The summed E-state index contributed by atoms with van der Waals surface area (Å²) in [4.78, 5) is 2.23. The number of anilines is 1. The number of nitrogens with zero attached hydrogens (tertiary/aromatic N) is 1. The fourth-order valence-corrected chi connectivity index (χ4v) is 1.39. The Labute approximate surface area is 90.7 Å². The summed E-state index contributed by atoms with van der Waals surface area (Å²) < 4.78 is 0. The molecule has 14 heavy (non-hydrogen) atoms. The molecule has 2 N–H and O–H groups in total. The summed E-state index contributed by atoms with van der Waals surface area (Å²) in [6, 6.07) is 6.18. The molecular formula is C11H17ClN2. The van der Waals surface area contributed by atoms with Gasteiger partial charge in [0.05, 0.1) is 0 Å². The van der Waals surface area contributed by atoms with Gasteiger partial charge in [-0.3, -0.25) is 4.90 Å². The molecule has 0 aromatic heterocycles. The highest BCUT2D eigenvalue weighted by Crippen LogP contribution is 2.20. The molecule has 0 amide bonds. The molecule has 0 saturated heterocycles. The van der Waals surface area contributed by atoms with E-state index in [-0.39, 0.29) is 0 Å². The largest absolute Gasteiger partial charge is 0.399 e. The van der Waals surface area contributed by atoms with Gasteiger partial charge in [0.25, 0.3) is 0 Å². The maximum Gasteiger partial charge on any atom is 0.0471 e. The van der Waals surface area contributed by atoms with Gasteiger partial charge in [-0.05, 0) is 38.6 Å². The molecule has 2 nitrogen and oxygen atoms in total. The molecule has 0 aliphatic carbocycles. The lowest BCUT2D eigenvalue weighted by Gasteiger charge is -2.21. The van der Waals surface area contributed by atoms with Crippen LogP contribution in [0, 0.1) is 0 Å². The minimum Gasteiger partial charge on any atom is -0.399 e. The Balaban J connectivity index is 2.77. The van der Waals surface area contributed by atoms with Crippen molar-refractivity contribution >= 4 is 17.3 Å². The van der Waals surface area contributed by atoms with Gasteiger partial charge in [0.1, 0.15) is 0 Å². The lowest BCUT2D eigenvalue weighted by atomic mass is 10.2. The Morgan fingerprint density at radius 1 is 1.43 bits per heavy atom. The number of nitrogen functional groups attached to an aromatic ring is 1. The Hall–Kier alpha value is -0.730. The van der Waals surface area contributed by atoms with Crippen molar-refractivity contribution in [2.75, 3.05) is 12.8 Å². The van der Waals surface area contributed by atoms with Crippen molar-refractivity contribution in [2.45, 2.75) is 26.4 Å². The van der Waals surface area contributed by atoms with Crippen LogP contribution in [0.15, 0.2) is 18.2 Å². The van der Waals surface area contributed by atoms with Gasteiger partial charge < -0.3 is 5.73 Å². The van der Waals surface area contributed by atoms with E-state index in [4.69, 9.17) is 17.3 Å². The molecule has 0 unspecified atom stereocenters. The van der Waals surface area contributed by atoms with Crippen LogP contribution in [0.3, 0.4) is 0 Å². The van der Waals surface area contributed by atoms with E-state index in [9.17, 15) is 0 Å². The monoisotopic (exact) mass is 212 g/mol.